The number of nitrogens with zero attached hydrogens (tertiary/aromatic N) is 1. The lowest BCUT2D eigenvalue weighted by Crippen LogP contribution is -2.09. The van der Waals surface area contributed by atoms with Crippen molar-refractivity contribution in [3.63, 3.8) is 0 Å². The van der Waals surface area contributed by atoms with Crippen LogP contribution in [0.25, 0.3) is 0 Å². The number of nitrogen functional groups attached to an aromatic ring is 1. The Kier molecular flexibility index (Phi) is 4.24. The van der Waals surface area contributed by atoms with E-state index in [1.54, 1.807) is 0 Å². The van der Waals surface area contributed by atoms with Crippen molar-refractivity contribution in [3.05, 3.63) is 45.7 Å². The number of nitrogens with two attached hydrogens (primary N) is 1. The first kappa shape index (κ1) is 13.6. The average Bonchev–Trinajstić information content (AvgIpc) is 2.32. The lowest BCUT2D eigenvalue weighted by atomic mass is 10.1. The molecule has 2 rings (SSSR count). The topological polar surface area (TPSA) is 83.8 Å². The van der Waals surface area contributed by atoms with Crippen molar-refractivity contribution in [1.29, 1.82) is 0 Å². The lowest BCUT2D eigenvalue weighted by molar-refractivity contribution is 0.815. The minimum Gasteiger partial charge on any atom is -0.383 e. The summed E-state index contributed by atoms with van der Waals surface area (Å²) in [4.78, 5) is 19.1. The predicted octanol–water partition coefficient (Wildman–Crippen LogP) is 1.53. The highest BCUT2D eigenvalue weighted by molar-refractivity contribution is 7.99. The van der Waals surface area contributed by atoms with Gasteiger partial charge in [-0.2, -0.15) is 0 Å². The van der Waals surface area contributed by atoms with Crippen LogP contribution in [0.3, 0.4) is 0 Å². The smallest absolute Gasteiger partial charge is 0.253 e. The van der Waals surface area contributed by atoms with Gasteiger partial charge in [-0.05, 0) is 31.2 Å². The molecule has 1 heterocycles. The normalized spacial score (nSPS) is 10.6. The van der Waals surface area contributed by atoms with E-state index in [0.717, 1.165) is 17.0 Å². The Hall–Kier alpha value is -1.79. The molecule has 0 fully saturated rings. The maximum atomic E-state index is 11.3. The molecule has 0 saturated carbocycles. The van der Waals surface area contributed by atoms with E-state index in [-0.39, 0.29) is 11.4 Å². The molecule has 19 heavy (non-hydrogen) atoms. The zero-order valence-corrected chi connectivity index (χ0v) is 11.7. The van der Waals surface area contributed by atoms with E-state index in [1.807, 2.05) is 20.0 Å². The number of aromatic nitrogens is 2. The van der Waals surface area contributed by atoms with Crippen molar-refractivity contribution in [3.8, 4) is 0 Å². The molecule has 0 bridgehead atoms. The third kappa shape index (κ3) is 3.59. The molecule has 0 radical (unpaired) electrons. The van der Waals surface area contributed by atoms with Gasteiger partial charge in [-0.25, -0.2) is 4.98 Å². The van der Waals surface area contributed by atoms with Gasteiger partial charge in [0.1, 0.15) is 5.82 Å². The van der Waals surface area contributed by atoms with Gasteiger partial charge in [-0.3, -0.25) is 4.79 Å². The molecule has 1 aromatic heterocycles. The third-order valence-electron chi connectivity index (χ3n) is 2.57. The lowest BCUT2D eigenvalue weighted by Gasteiger charge is -2.07. The van der Waals surface area contributed by atoms with E-state index in [4.69, 9.17) is 5.73 Å². The summed E-state index contributed by atoms with van der Waals surface area (Å²) < 4.78 is 0. The zero-order valence-electron chi connectivity index (χ0n) is 10.9. The van der Waals surface area contributed by atoms with Crippen molar-refractivity contribution in [2.75, 3.05) is 12.8 Å². The molecule has 0 aliphatic rings. The summed E-state index contributed by atoms with van der Waals surface area (Å²) in [5, 5.41) is 3.62. The molecule has 100 valence electrons. The van der Waals surface area contributed by atoms with Crippen LogP contribution in [0.5, 0.6) is 0 Å². The summed E-state index contributed by atoms with van der Waals surface area (Å²) in [5.74, 6) is 0.232. The second-order valence-corrected chi connectivity index (χ2v) is 5.24. The second kappa shape index (κ2) is 5.90. The van der Waals surface area contributed by atoms with Crippen LogP contribution in [0.2, 0.25) is 0 Å². The molecule has 0 aliphatic heterocycles. The van der Waals surface area contributed by atoms with Crippen LogP contribution in [-0.2, 0) is 6.54 Å². The Morgan fingerprint density at radius 2 is 2.21 bits per heavy atom. The van der Waals surface area contributed by atoms with E-state index < -0.39 is 0 Å². The molecule has 0 spiro atoms. The number of hydrogen-bond acceptors (Lipinski definition) is 5. The number of benzene rings is 1. The molecule has 2 aromatic rings. The molecule has 1 aromatic carbocycles. The van der Waals surface area contributed by atoms with E-state index in [9.17, 15) is 4.79 Å². The van der Waals surface area contributed by atoms with Crippen molar-refractivity contribution in [2.24, 2.45) is 0 Å². The number of hydrogen-bond donors (Lipinski definition) is 3. The predicted molar refractivity (Wildman–Crippen MR) is 77.3 cm³/mol. The SMILES string of the molecule is CNCc1ccc(Sc2nc(N)cc(=O)[nH]2)c(C)c1. The molecule has 0 saturated heterocycles. The van der Waals surface area contributed by atoms with Crippen LogP contribution >= 0.6 is 11.8 Å². The number of anilines is 1. The molecular weight excluding hydrogens is 260 g/mol. The molecule has 5 nitrogen and oxygen atoms in total. The monoisotopic (exact) mass is 276 g/mol. The summed E-state index contributed by atoms with van der Waals surface area (Å²) in [6.45, 7) is 2.87. The summed E-state index contributed by atoms with van der Waals surface area (Å²) >= 11 is 1.40. The largest absolute Gasteiger partial charge is 0.383 e. The Morgan fingerprint density at radius 1 is 1.42 bits per heavy atom. The Morgan fingerprint density at radius 3 is 2.84 bits per heavy atom. The highest BCUT2D eigenvalue weighted by atomic mass is 32.2. The molecule has 0 atom stereocenters. The van der Waals surface area contributed by atoms with E-state index in [1.165, 1.54) is 23.4 Å². The van der Waals surface area contributed by atoms with Crippen molar-refractivity contribution >= 4 is 17.6 Å². The molecule has 4 N–H and O–H groups in total. The van der Waals surface area contributed by atoms with Crippen LogP contribution in [-0.4, -0.2) is 17.0 Å². The summed E-state index contributed by atoms with van der Waals surface area (Å²) in [5.41, 5.74) is 7.69. The molecular formula is C13H16N4OS. The van der Waals surface area contributed by atoms with Crippen LogP contribution in [0.1, 0.15) is 11.1 Å². The van der Waals surface area contributed by atoms with Crippen LogP contribution in [0.15, 0.2) is 39.1 Å². The quantitative estimate of drug-likeness (QED) is 0.738. The first-order valence-electron chi connectivity index (χ1n) is 5.87. The Balaban J connectivity index is 2.25. The Bertz CT molecular complexity index is 639. The molecule has 0 amide bonds. The minimum absolute atomic E-state index is 0.232. The Labute approximate surface area is 115 Å². The highest BCUT2D eigenvalue weighted by Gasteiger charge is 2.05. The van der Waals surface area contributed by atoms with Crippen molar-refractivity contribution in [1.82, 2.24) is 15.3 Å². The number of rotatable bonds is 4. The zero-order chi connectivity index (χ0) is 13.8. The number of aryl methyl sites for hydroxylation is 1. The summed E-state index contributed by atoms with van der Waals surface area (Å²) in [6, 6.07) is 7.46. The van der Waals surface area contributed by atoms with Crippen LogP contribution in [0.4, 0.5) is 5.82 Å². The number of aromatic amines is 1. The summed E-state index contributed by atoms with van der Waals surface area (Å²) in [6.07, 6.45) is 0. The standard InChI is InChI=1S/C13H16N4OS/c1-8-5-9(7-15-2)3-4-10(8)19-13-16-11(14)6-12(18)17-13/h3-6,15H,7H2,1-2H3,(H3,14,16,17,18). The van der Waals surface area contributed by atoms with E-state index in [2.05, 4.69) is 27.4 Å². The van der Waals surface area contributed by atoms with Gasteiger partial charge < -0.3 is 16.0 Å². The fraction of sp³-hybridized carbons (Fsp3) is 0.231. The fourth-order valence-electron chi connectivity index (χ4n) is 1.75. The third-order valence-corrected chi connectivity index (χ3v) is 3.63. The maximum absolute atomic E-state index is 11.3. The van der Waals surface area contributed by atoms with Crippen molar-refractivity contribution < 1.29 is 0 Å². The fourth-order valence-corrected chi connectivity index (χ4v) is 2.61. The summed E-state index contributed by atoms with van der Waals surface area (Å²) in [7, 11) is 1.92. The second-order valence-electron chi connectivity index (χ2n) is 4.21. The maximum Gasteiger partial charge on any atom is 0.253 e. The van der Waals surface area contributed by atoms with Gasteiger partial charge in [0.05, 0.1) is 0 Å². The van der Waals surface area contributed by atoms with Gasteiger partial charge >= 0.3 is 0 Å². The number of H-pyrrole nitrogens is 1. The van der Waals surface area contributed by atoms with Gasteiger partial charge in [0.2, 0.25) is 0 Å². The van der Waals surface area contributed by atoms with Gasteiger partial charge in [0, 0.05) is 17.5 Å². The minimum atomic E-state index is -0.237. The van der Waals surface area contributed by atoms with Crippen molar-refractivity contribution in [2.45, 2.75) is 23.5 Å². The van der Waals surface area contributed by atoms with Gasteiger partial charge in [-0.15, -0.1) is 0 Å². The molecule has 0 aliphatic carbocycles. The molecule has 6 heteroatoms. The van der Waals surface area contributed by atoms with E-state index in [0.29, 0.717) is 5.16 Å². The first-order chi connectivity index (χ1) is 9.08. The molecule has 0 unspecified atom stereocenters. The van der Waals surface area contributed by atoms with Gasteiger partial charge in [0.25, 0.3) is 5.56 Å². The van der Waals surface area contributed by atoms with Gasteiger partial charge in [0.15, 0.2) is 5.16 Å². The van der Waals surface area contributed by atoms with Gasteiger partial charge in [-0.1, -0.05) is 23.9 Å². The van der Waals surface area contributed by atoms with Crippen LogP contribution < -0.4 is 16.6 Å². The highest BCUT2D eigenvalue weighted by Crippen LogP contribution is 2.28. The average molecular weight is 276 g/mol. The van der Waals surface area contributed by atoms with Crippen LogP contribution in [0, 0.1) is 6.92 Å². The van der Waals surface area contributed by atoms with E-state index >= 15 is 0 Å². The first-order valence-corrected chi connectivity index (χ1v) is 6.69. The number of nitrogens with one attached hydrogen (secondary N) is 2.